The van der Waals surface area contributed by atoms with Gasteiger partial charge < -0.3 is 9.47 Å². The Morgan fingerprint density at radius 1 is 1.39 bits per heavy atom. The number of esters is 2. The van der Waals surface area contributed by atoms with Gasteiger partial charge in [0.25, 0.3) is 5.82 Å². The summed E-state index contributed by atoms with van der Waals surface area (Å²) in [4.78, 5) is 27.6. The Morgan fingerprint density at radius 3 is 2.70 bits per heavy atom. The Hall–Kier alpha value is -2.77. The van der Waals surface area contributed by atoms with Crippen LogP contribution in [0.25, 0.3) is 5.69 Å². The number of hydrogen-bond donors (Lipinski definition) is 0. The van der Waals surface area contributed by atoms with Gasteiger partial charge in [0.15, 0.2) is 0 Å². The molecule has 0 aliphatic carbocycles. The molecule has 0 amide bonds. The fourth-order valence-electron chi connectivity index (χ4n) is 2.30. The van der Waals surface area contributed by atoms with E-state index < -0.39 is 18.0 Å². The zero-order valence-corrected chi connectivity index (χ0v) is 12.5. The van der Waals surface area contributed by atoms with E-state index in [-0.39, 0.29) is 17.7 Å². The summed E-state index contributed by atoms with van der Waals surface area (Å²) in [5.74, 6) is -1.48. The first-order valence-electron chi connectivity index (χ1n) is 7.05. The lowest BCUT2D eigenvalue weighted by Gasteiger charge is -2.05. The van der Waals surface area contributed by atoms with Gasteiger partial charge in [-0.05, 0) is 38.1 Å². The van der Waals surface area contributed by atoms with Gasteiger partial charge in [-0.2, -0.15) is 0 Å². The van der Waals surface area contributed by atoms with Crippen molar-refractivity contribution in [2.24, 2.45) is 0 Å². The summed E-state index contributed by atoms with van der Waals surface area (Å²) >= 11 is 0. The summed E-state index contributed by atoms with van der Waals surface area (Å²) in [6.07, 6.45) is -0.912. The lowest BCUT2D eigenvalue weighted by Crippen LogP contribution is -2.23. The molecule has 23 heavy (non-hydrogen) atoms. The molecule has 1 aliphatic heterocycles. The Bertz CT molecular complexity index is 757. The van der Waals surface area contributed by atoms with Crippen LogP contribution >= 0.6 is 0 Å². The molecule has 1 aromatic heterocycles. The highest BCUT2D eigenvalue weighted by Crippen LogP contribution is 2.18. The van der Waals surface area contributed by atoms with Crippen LogP contribution in [0.2, 0.25) is 0 Å². The molecule has 0 saturated carbocycles. The first kappa shape index (κ1) is 15.1. The number of carbonyl (C=O) groups is 2. The number of halogens is 1. The number of nitrogens with zero attached hydrogens (tertiary/aromatic N) is 3. The van der Waals surface area contributed by atoms with Crippen LogP contribution < -0.4 is 0 Å². The second-order valence-electron chi connectivity index (χ2n) is 5.25. The Balaban J connectivity index is 1.79. The van der Waals surface area contributed by atoms with Crippen molar-refractivity contribution in [3.63, 3.8) is 0 Å². The Morgan fingerprint density at radius 2 is 2.09 bits per heavy atom. The summed E-state index contributed by atoms with van der Waals surface area (Å²) in [7, 11) is 0. The molecule has 0 spiro atoms. The summed E-state index contributed by atoms with van der Waals surface area (Å²) in [5, 5.41) is 4.05. The highest BCUT2D eigenvalue weighted by Gasteiger charge is 2.36. The van der Waals surface area contributed by atoms with Crippen LogP contribution in [0.5, 0.6) is 0 Å². The van der Waals surface area contributed by atoms with Crippen molar-refractivity contribution in [1.82, 2.24) is 14.8 Å². The fourth-order valence-corrected chi connectivity index (χ4v) is 2.30. The highest BCUT2D eigenvalue weighted by atomic mass is 19.1. The van der Waals surface area contributed by atoms with E-state index >= 15 is 0 Å². The lowest BCUT2D eigenvalue weighted by molar-refractivity contribution is -0.147. The fraction of sp³-hybridized carbons (Fsp3) is 0.333. The maximum atomic E-state index is 13.0. The molecule has 1 saturated heterocycles. The van der Waals surface area contributed by atoms with Gasteiger partial charge in [0, 0.05) is 6.42 Å². The molecule has 3 rings (SSSR count). The van der Waals surface area contributed by atoms with E-state index in [0.29, 0.717) is 17.9 Å². The quantitative estimate of drug-likeness (QED) is 0.799. The van der Waals surface area contributed by atoms with E-state index in [1.165, 1.54) is 28.9 Å². The van der Waals surface area contributed by atoms with Gasteiger partial charge in [-0.3, -0.25) is 0 Å². The number of cyclic esters (lactones) is 1. The minimum atomic E-state index is -0.935. The van der Waals surface area contributed by atoms with Crippen molar-refractivity contribution in [1.29, 1.82) is 0 Å². The van der Waals surface area contributed by atoms with Gasteiger partial charge in [-0.25, -0.2) is 23.6 Å². The van der Waals surface area contributed by atoms with E-state index in [1.54, 1.807) is 13.8 Å². The summed E-state index contributed by atoms with van der Waals surface area (Å²) < 4.78 is 24.4. The number of hydrogen-bond acceptors (Lipinski definition) is 6. The molecule has 1 fully saturated rings. The number of aromatic nitrogens is 3. The molecule has 1 aromatic carbocycles. The molecule has 0 bridgehead atoms. The van der Waals surface area contributed by atoms with Crippen molar-refractivity contribution >= 4 is 11.9 Å². The number of carbonyl (C=O) groups excluding carboxylic acids is 2. The SMILES string of the molecule is Cc1nc(C(=O)OC2CC(C)OC2=O)nn1-c1ccc(F)cc1. The molecule has 7 nitrogen and oxygen atoms in total. The number of aryl methyl sites for hydroxylation is 1. The van der Waals surface area contributed by atoms with Crippen molar-refractivity contribution in [3.8, 4) is 5.69 Å². The maximum absolute atomic E-state index is 13.0. The molecule has 2 heterocycles. The maximum Gasteiger partial charge on any atom is 0.379 e. The molecule has 120 valence electrons. The largest absolute Gasteiger partial charge is 0.460 e. The van der Waals surface area contributed by atoms with Crippen LogP contribution in [0.3, 0.4) is 0 Å². The molecule has 8 heteroatoms. The van der Waals surface area contributed by atoms with Crippen LogP contribution in [0.1, 0.15) is 29.8 Å². The van der Waals surface area contributed by atoms with E-state index in [4.69, 9.17) is 9.47 Å². The predicted molar refractivity (Wildman–Crippen MR) is 75.4 cm³/mol. The minimum Gasteiger partial charge on any atom is -0.460 e. The normalized spacial score (nSPS) is 20.4. The second-order valence-corrected chi connectivity index (χ2v) is 5.25. The topological polar surface area (TPSA) is 83.3 Å². The highest BCUT2D eigenvalue weighted by molar-refractivity contribution is 5.88. The van der Waals surface area contributed by atoms with Crippen molar-refractivity contribution in [2.75, 3.05) is 0 Å². The average Bonchev–Trinajstić information content (AvgIpc) is 3.03. The van der Waals surface area contributed by atoms with Crippen molar-refractivity contribution in [2.45, 2.75) is 32.5 Å². The third-order valence-electron chi connectivity index (χ3n) is 3.40. The minimum absolute atomic E-state index is 0.167. The Labute approximate surface area is 131 Å². The van der Waals surface area contributed by atoms with Gasteiger partial charge in [0.05, 0.1) is 5.69 Å². The number of rotatable bonds is 3. The number of benzene rings is 1. The summed E-state index contributed by atoms with van der Waals surface area (Å²) in [6.45, 7) is 3.37. The summed E-state index contributed by atoms with van der Waals surface area (Å²) in [6, 6.07) is 5.60. The van der Waals surface area contributed by atoms with Gasteiger partial charge in [0.1, 0.15) is 17.7 Å². The standard InChI is InChI=1S/C15H14FN3O4/c1-8-7-12(14(20)22-8)23-15(21)13-17-9(2)19(18-13)11-5-3-10(16)4-6-11/h3-6,8,12H,7H2,1-2H3. The van der Waals surface area contributed by atoms with E-state index in [0.717, 1.165) is 0 Å². The number of ether oxygens (including phenoxy) is 2. The third kappa shape index (κ3) is 3.05. The van der Waals surface area contributed by atoms with Crippen LogP contribution in [0.15, 0.2) is 24.3 Å². The van der Waals surface area contributed by atoms with E-state index in [2.05, 4.69) is 10.1 Å². The van der Waals surface area contributed by atoms with E-state index in [9.17, 15) is 14.0 Å². The predicted octanol–water partition coefficient (Wildman–Crippen LogP) is 1.58. The molecule has 2 atom stereocenters. The zero-order chi connectivity index (χ0) is 16.6. The first-order chi connectivity index (χ1) is 10.9. The monoisotopic (exact) mass is 319 g/mol. The zero-order valence-electron chi connectivity index (χ0n) is 12.5. The van der Waals surface area contributed by atoms with Gasteiger partial charge >= 0.3 is 11.9 Å². The average molecular weight is 319 g/mol. The molecule has 2 aromatic rings. The third-order valence-corrected chi connectivity index (χ3v) is 3.40. The second kappa shape index (κ2) is 5.79. The van der Waals surface area contributed by atoms with Gasteiger partial charge in [0.2, 0.25) is 6.10 Å². The molecule has 0 N–H and O–H groups in total. The lowest BCUT2D eigenvalue weighted by atomic mass is 10.2. The molecular formula is C15H14FN3O4. The smallest absolute Gasteiger partial charge is 0.379 e. The Kier molecular flexibility index (Phi) is 3.81. The molecule has 1 aliphatic rings. The molecule has 0 radical (unpaired) electrons. The summed E-state index contributed by atoms with van der Waals surface area (Å²) in [5.41, 5.74) is 0.560. The van der Waals surface area contributed by atoms with Crippen LogP contribution in [0, 0.1) is 12.7 Å². The van der Waals surface area contributed by atoms with Crippen LogP contribution in [0.4, 0.5) is 4.39 Å². The van der Waals surface area contributed by atoms with Crippen LogP contribution in [-0.4, -0.2) is 38.9 Å². The van der Waals surface area contributed by atoms with Gasteiger partial charge in [-0.1, -0.05) is 0 Å². The van der Waals surface area contributed by atoms with Crippen molar-refractivity contribution < 1.29 is 23.5 Å². The molecule has 2 unspecified atom stereocenters. The first-order valence-corrected chi connectivity index (χ1v) is 7.05. The van der Waals surface area contributed by atoms with Gasteiger partial charge in [-0.15, -0.1) is 5.10 Å². The van der Waals surface area contributed by atoms with Crippen molar-refractivity contribution in [3.05, 3.63) is 41.7 Å². The molecular weight excluding hydrogens is 305 g/mol. The van der Waals surface area contributed by atoms with Crippen LogP contribution in [-0.2, 0) is 14.3 Å². The van der Waals surface area contributed by atoms with E-state index in [1.807, 2.05) is 0 Å².